The number of aliphatic hydroxyl groups is 1. The molecule has 3 aromatic rings. The van der Waals surface area contributed by atoms with Gasteiger partial charge in [0.1, 0.15) is 10.7 Å². The SMILES string of the molecule is CCN(c1ccccc1)S(=O)(=O)c1ccc(NCC(O)c2ccc(Cl)cc2)nc1. The molecule has 1 aromatic heterocycles. The number of rotatable bonds is 8. The Balaban J connectivity index is 1.69. The summed E-state index contributed by atoms with van der Waals surface area (Å²) in [4.78, 5) is 4.29. The molecular weight excluding hydrogens is 410 g/mol. The Labute approximate surface area is 175 Å². The predicted octanol–water partition coefficient (Wildman–Crippen LogP) is 4.10. The molecule has 2 N–H and O–H groups in total. The Morgan fingerprint density at radius 2 is 1.76 bits per heavy atom. The standard InChI is InChI=1S/C21H22ClN3O3S/c1-2-25(18-6-4-3-5-7-18)29(27,28)19-12-13-21(23-14-19)24-15-20(26)16-8-10-17(22)11-9-16/h3-14,20,26H,2,15H2,1H3,(H,23,24). The molecule has 152 valence electrons. The smallest absolute Gasteiger partial charge is 0.265 e. The number of aliphatic hydroxyl groups excluding tert-OH is 1. The van der Waals surface area contributed by atoms with Crippen LogP contribution in [-0.4, -0.2) is 31.6 Å². The van der Waals surface area contributed by atoms with Crippen molar-refractivity contribution in [3.8, 4) is 0 Å². The van der Waals surface area contributed by atoms with Crippen molar-refractivity contribution in [3.63, 3.8) is 0 Å². The molecule has 1 atom stereocenters. The van der Waals surface area contributed by atoms with Crippen LogP contribution in [0.4, 0.5) is 11.5 Å². The number of aromatic nitrogens is 1. The van der Waals surface area contributed by atoms with Crippen molar-refractivity contribution in [2.45, 2.75) is 17.9 Å². The van der Waals surface area contributed by atoms with Gasteiger partial charge in [-0.25, -0.2) is 13.4 Å². The summed E-state index contributed by atoms with van der Waals surface area (Å²) in [5, 5.41) is 13.9. The third-order valence-electron chi connectivity index (χ3n) is 4.39. The van der Waals surface area contributed by atoms with Crippen molar-refractivity contribution >= 4 is 33.1 Å². The van der Waals surface area contributed by atoms with Gasteiger partial charge in [0.2, 0.25) is 0 Å². The lowest BCUT2D eigenvalue weighted by molar-refractivity contribution is 0.191. The lowest BCUT2D eigenvalue weighted by atomic mass is 10.1. The van der Waals surface area contributed by atoms with Crippen LogP contribution < -0.4 is 9.62 Å². The van der Waals surface area contributed by atoms with Crippen molar-refractivity contribution in [1.82, 2.24) is 4.98 Å². The minimum absolute atomic E-state index is 0.104. The van der Waals surface area contributed by atoms with Gasteiger partial charge in [-0.15, -0.1) is 0 Å². The molecule has 0 aliphatic carbocycles. The molecule has 0 saturated heterocycles. The van der Waals surface area contributed by atoms with Crippen molar-refractivity contribution in [2.75, 3.05) is 22.7 Å². The van der Waals surface area contributed by atoms with E-state index < -0.39 is 16.1 Å². The zero-order valence-corrected chi connectivity index (χ0v) is 17.4. The fourth-order valence-corrected chi connectivity index (χ4v) is 4.40. The second-order valence-electron chi connectivity index (χ2n) is 6.33. The Kier molecular flexibility index (Phi) is 6.74. The van der Waals surface area contributed by atoms with Gasteiger partial charge in [-0.1, -0.05) is 41.9 Å². The van der Waals surface area contributed by atoms with Gasteiger partial charge in [-0.2, -0.15) is 0 Å². The zero-order chi connectivity index (χ0) is 20.9. The van der Waals surface area contributed by atoms with Crippen LogP contribution in [0.2, 0.25) is 5.02 Å². The molecule has 6 nitrogen and oxygen atoms in total. The van der Waals surface area contributed by atoms with Crippen LogP contribution in [0.25, 0.3) is 0 Å². The second kappa shape index (κ2) is 9.26. The maximum atomic E-state index is 13.0. The third kappa shape index (κ3) is 5.06. The van der Waals surface area contributed by atoms with Gasteiger partial charge in [0.15, 0.2) is 0 Å². The molecule has 0 spiro atoms. The summed E-state index contributed by atoms with van der Waals surface area (Å²) in [6, 6.07) is 19.0. The number of benzene rings is 2. The van der Waals surface area contributed by atoms with Crippen LogP contribution in [0.5, 0.6) is 0 Å². The highest BCUT2D eigenvalue weighted by Crippen LogP contribution is 2.23. The number of sulfonamides is 1. The molecule has 2 aromatic carbocycles. The van der Waals surface area contributed by atoms with E-state index in [4.69, 9.17) is 11.6 Å². The molecule has 0 radical (unpaired) electrons. The number of para-hydroxylation sites is 1. The van der Waals surface area contributed by atoms with Crippen LogP contribution in [-0.2, 0) is 10.0 Å². The highest BCUT2D eigenvalue weighted by molar-refractivity contribution is 7.92. The van der Waals surface area contributed by atoms with Gasteiger partial charge in [0.25, 0.3) is 10.0 Å². The van der Waals surface area contributed by atoms with E-state index in [1.165, 1.54) is 16.6 Å². The van der Waals surface area contributed by atoms with E-state index in [0.717, 1.165) is 5.56 Å². The Morgan fingerprint density at radius 3 is 2.34 bits per heavy atom. The minimum Gasteiger partial charge on any atom is -0.387 e. The molecule has 1 heterocycles. The predicted molar refractivity (Wildman–Crippen MR) is 116 cm³/mol. The maximum absolute atomic E-state index is 13.0. The monoisotopic (exact) mass is 431 g/mol. The number of hydrogen-bond donors (Lipinski definition) is 2. The first-order valence-electron chi connectivity index (χ1n) is 9.13. The van der Waals surface area contributed by atoms with Crippen molar-refractivity contribution in [3.05, 3.63) is 83.5 Å². The number of anilines is 2. The van der Waals surface area contributed by atoms with Gasteiger partial charge in [0.05, 0.1) is 11.8 Å². The lowest BCUT2D eigenvalue weighted by Crippen LogP contribution is -2.30. The van der Waals surface area contributed by atoms with E-state index in [0.29, 0.717) is 23.1 Å². The molecule has 29 heavy (non-hydrogen) atoms. The number of halogens is 1. The summed E-state index contributed by atoms with van der Waals surface area (Å²) in [6.45, 7) is 2.32. The first-order chi connectivity index (χ1) is 13.9. The highest BCUT2D eigenvalue weighted by Gasteiger charge is 2.23. The fourth-order valence-electron chi connectivity index (χ4n) is 2.85. The van der Waals surface area contributed by atoms with Crippen molar-refractivity contribution < 1.29 is 13.5 Å². The van der Waals surface area contributed by atoms with Crippen LogP contribution in [0, 0.1) is 0 Å². The Bertz CT molecular complexity index is 1030. The molecule has 1 unspecified atom stereocenters. The summed E-state index contributed by atoms with van der Waals surface area (Å²) in [5.74, 6) is 0.472. The van der Waals surface area contributed by atoms with Crippen LogP contribution in [0.15, 0.2) is 77.8 Å². The highest BCUT2D eigenvalue weighted by atomic mass is 35.5. The van der Waals surface area contributed by atoms with E-state index >= 15 is 0 Å². The molecule has 0 aliphatic rings. The van der Waals surface area contributed by atoms with E-state index in [2.05, 4.69) is 10.3 Å². The number of nitrogens with one attached hydrogen (secondary N) is 1. The molecule has 0 aliphatic heterocycles. The van der Waals surface area contributed by atoms with Crippen molar-refractivity contribution in [2.24, 2.45) is 0 Å². The molecule has 8 heteroatoms. The van der Waals surface area contributed by atoms with E-state index in [1.807, 2.05) is 6.07 Å². The summed E-state index contributed by atoms with van der Waals surface area (Å²) < 4.78 is 27.3. The summed E-state index contributed by atoms with van der Waals surface area (Å²) in [7, 11) is -3.72. The summed E-state index contributed by atoms with van der Waals surface area (Å²) in [6.07, 6.45) is 0.573. The minimum atomic E-state index is -3.72. The van der Waals surface area contributed by atoms with E-state index in [9.17, 15) is 13.5 Å². The third-order valence-corrected chi connectivity index (χ3v) is 6.53. The Hall–Kier alpha value is -2.61. The number of nitrogens with zero attached hydrogens (tertiary/aromatic N) is 2. The van der Waals surface area contributed by atoms with Crippen molar-refractivity contribution in [1.29, 1.82) is 0 Å². The second-order valence-corrected chi connectivity index (χ2v) is 8.63. The molecular formula is C21H22ClN3O3S. The molecule has 0 bridgehead atoms. The summed E-state index contributed by atoms with van der Waals surface area (Å²) >= 11 is 5.85. The van der Waals surface area contributed by atoms with E-state index in [1.54, 1.807) is 61.5 Å². The average molecular weight is 432 g/mol. The Morgan fingerprint density at radius 1 is 1.07 bits per heavy atom. The molecule has 0 amide bonds. The van der Waals surface area contributed by atoms with Gasteiger partial charge in [0, 0.05) is 24.3 Å². The maximum Gasteiger partial charge on any atom is 0.265 e. The molecule has 0 saturated carbocycles. The molecule has 3 rings (SSSR count). The zero-order valence-electron chi connectivity index (χ0n) is 15.9. The largest absolute Gasteiger partial charge is 0.387 e. The quantitative estimate of drug-likeness (QED) is 0.561. The number of pyridine rings is 1. The van der Waals surface area contributed by atoms with Crippen LogP contribution in [0.3, 0.4) is 0 Å². The summed E-state index contributed by atoms with van der Waals surface area (Å²) in [5.41, 5.74) is 1.32. The normalized spacial score (nSPS) is 12.4. The van der Waals surface area contributed by atoms with Gasteiger partial charge in [-0.3, -0.25) is 4.31 Å². The van der Waals surface area contributed by atoms with Gasteiger partial charge >= 0.3 is 0 Å². The van der Waals surface area contributed by atoms with E-state index in [-0.39, 0.29) is 11.4 Å². The average Bonchev–Trinajstić information content (AvgIpc) is 2.74. The van der Waals surface area contributed by atoms with Crippen LogP contribution >= 0.6 is 11.6 Å². The van der Waals surface area contributed by atoms with Gasteiger partial charge in [-0.05, 0) is 48.9 Å². The lowest BCUT2D eigenvalue weighted by Gasteiger charge is -2.22. The first kappa shape index (κ1) is 21.1. The van der Waals surface area contributed by atoms with Gasteiger partial charge < -0.3 is 10.4 Å². The number of hydrogen-bond acceptors (Lipinski definition) is 5. The fraction of sp³-hybridized carbons (Fsp3) is 0.190. The topological polar surface area (TPSA) is 82.5 Å². The molecule has 0 fully saturated rings. The first-order valence-corrected chi connectivity index (χ1v) is 10.9. The van der Waals surface area contributed by atoms with Crippen LogP contribution in [0.1, 0.15) is 18.6 Å².